The normalized spacial score (nSPS) is 15.1. The van der Waals surface area contributed by atoms with Crippen LogP contribution in [0.2, 0.25) is 0 Å². The quantitative estimate of drug-likeness (QED) is 0.786. The Bertz CT molecular complexity index is 384. The van der Waals surface area contributed by atoms with Gasteiger partial charge in [0.1, 0.15) is 17.5 Å². The predicted molar refractivity (Wildman–Crippen MR) is 77.6 cm³/mol. The van der Waals surface area contributed by atoms with Gasteiger partial charge in [0, 0.05) is 38.7 Å². The molecular weight excluding hydrogens is 240 g/mol. The first-order valence-electron chi connectivity index (χ1n) is 7.21. The highest BCUT2D eigenvalue weighted by atomic mass is 16.3. The van der Waals surface area contributed by atoms with Crippen molar-refractivity contribution >= 4 is 11.6 Å². The molecule has 0 radical (unpaired) electrons. The van der Waals surface area contributed by atoms with Gasteiger partial charge in [-0.15, -0.1) is 0 Å². The maximum atomic E-state index is 9.06. The van der Waals surface area contributed by atoms with E-state index in [4.69, 9.17) is 5.11 Å². The lowest BCUT2D eigenvalue weighted by atomic mass is 9.91. The van der Waals surface area contributed by atoms with Gasteiger partial charge in [-0.05, 0) is 25.7 Å². The van der Waals surface area contributed by atoms with E-state index in [0.29, 0.717) is 6.04 Å². The molecule has 0 aromatic carbocycles. The van der Waals surface area contributed by atoms with E-state index in [1.54, 1.807) is 0 Å². The van der Waals surface area contributed by atoms with E-state index in [9.17, 15) is 0 Å². The van der Waals surface area contributed by atoms with Crippen LogP contribution in [0.3, 0.4) is 0 Å². The van der Waals surface area contributed by atoms with Crippen molar-refractivity contribution in [2.45, 2.75) is 45.1 Å². The Kier molecular flexibility index (Phi) is 4.96. The number of hydrogen-bond acceptors (Lipinski definition) is 5. The lowest BCUT2D eigenvalue weighted by molar-refractivity contribution is 0.282. The van der Waals surface area contributed by atoms with Crippen molar-refractivity contribution in [1.29, 1.82) is 0 Å². The Morgan fingerprint density at radius 2 is 2.21 bits per heavy atom. The number of nitrogens with one attached hydrogen (secondary N) is 1. The van der Waals surface area contributed by atoms with Gasteiger partial charge in [0.05, 0.1) is 0 Å². The van der Waals surface area contributed by atoms with Gasteiger partial charge in [0.15, 0.2) is 0 Å². The van der Waals surface area contributed by atoms with E-state index in [1.165, 1.54) is 19.3 Å². The van der Waals surface area contributed by atoms with Crippen LogP contribution in [0, 0.1) is 0 Å². The summed E-state index contributed by atoms with van der Waals surface area (Å²) in [5, 5.41) is 12.2. The van der Waals surface area contributed by atoms with Crippen LogP contribution in [0.1, 0.15) is 38.4 Å². The van der Waals surface area contributed by atoms with Crippen molar-refractivity contribution < 1.29 is 5.11 Å². The summed E-state index contributed by atoms with van der Waals surface area (Å²) in [6.45, 7) is 3.16. The summed E-state index contributed by atoms with van der Waals surface area (Å²) in [6, 6.07) is 2.59. The smallest absolute Gasteiger partial charge is 0.134 e. The largest absolute Gasteiger partial charge is 0.396 e. The van der Waals surface area contributed by atoms with Crippen LogP contribution in [0.15, 0.2) is 6.07 Å². The third-order valence-corrected chi connectivity index (χ3v) is 3.70. The number of aromatic nitrogens is 2. The Hall–Kier alpha value is -1.36. The van der Waals surface area contributed by atoms with Crippen molar-refractivity contribution in [3.05, 3.63) is 11.9 Å². The standard InChI is InChI=1S/C14H24N4O/c1-3-12-16-13(15-2)10-14(17-12)18(8-5-9-19)11-6-4-7-11/h10-11,19H,3-9H2,1-2H3,(H,15,16,17). The van der Waals surface area contributed by atoms with Crippen molar-refractivity contribution in [2.24, 2.45) is 0 Å². The van der Waals surface area contributed by atoms with E-state index in [0.717, 1.165) is 36.8 Å². The fraction of sp³-hybridized carbons (Fsp3) is 0.714. The Morgan fingerprint density at radius 3 is 2.74 bits per heavy atom. The van der Waals surface area contributed by atoms with E-state index in [2.05, 4.69) is 27.1 Å². The molecule has 0 spiro atoms. The van der Waals surface area contributed by atoms with Crippen LogP contribution in [0.4, 0.5) is 11.6 Å². The molecule has 0 atom stereocenters. The van der Waals surface area contributed by atoms with Crippen LogP contribution in [0.25, 0.3) is 0 Å². The number of aryl methyl sites for hydroxylation is 1. The minimum Gasteiger partial charge on any atom is -0.396 e. The number of rotatable bonds is 7. The molecule has 5 heteroatoms. The Morgan fingerprint density at radius 1 is 1.42 bits per heavy atom. The topological polar surface area (TPSA) is 61.3 Å². The lowest BCUT2D eigenvalue weighted by Gasteiger charge is -2.38. The molecule has 2 N–H and O–H groups in total. The second-order valence-electron chi connectivity index (χ2n) is 4.99. The molecule has 1 heterocycles. The summed E-state index contributed by atoms with van der Waals surface area (Å²) in [4.78, 5) is 11.4. The number of aliphatic hydroxyl groups excluding tert-OH is 1. The average molecular weight is 264 g/mol. The summed E-state index contributed by atoms with van der Waals surface area (Å²) >= 11 is 0. The van der Waals surface area contributed by atoms with Crippen LogP contribution in [-0.2, 0) is 6.42 Å². The number of nitrogens with zero attached hydrogens (tertiary/aromatic N) is 3. The van der Waals surface area contributed by atoms with Gasteiger partial charge < -0.3 is 15.3 Å². The first-order valence-corrected chi connectivity index (χ1v) is 7.21. The second-order valence-corrected chi connectivity index (χ2v) is 4.99. The molecule has 1 aliphatic carbocycles. The predicted octanol–water partition coefficient (Wildman–Crippen LogP) is 1.82. The molecule has 0 bridgehead atoms. The zero-order chi connectivity index (χ0) is 13.7. The van der Waals surface area contributed by atoms with Gasteiger partial charge in [-0.25, -0.2) is 9.97 Å². The highest BCUT2D eigenvalue weighted by molar-refractivity contribution is 5.50. The highest BCUT2D eigenvalue weighted by Gasteiger charge is 2.26. The average Bonchev–Trinajstić information content (AvgIpc) is 2.40. The minimum absolute atomic E-state index is 0.230. The summed E-state index contributed by atoms with van der Waals surface area (Å²) in [6.07, 6.45) is 5.38. The molecule has 1 saturated carbocycles. The van der Waals surface area contributed by atoms with Crippen LogP contribution in [0.5, 0.6) is 0 Å². The van der Waals surface area contributed by atoms with Crippen LogP contribution < -0.4 is 10.2 Å². The van der Waals surface area contributed by atoms with E-state index >= 15 is 0 Å². The lowest BCUT2D eigenvalue weighted by Crippen LogP contribution is -2.41. The van der Waals surface area contributed by atoms with E-state index < -0.39 is 0 Å². The van der Waals surface area contributed by atoms with Crippen molar-refractivity contribution in [1.82, 2.24) is 9.97 Å². The first-order chi connectivity index (χ1) is 9.28. The molecule has 1 aromatic rings. The summed E-state index contributed by atoms with van der Waals surface area (Å²) < 4.78 is 0. The molecule has 0 unspecified atom stereocenters. The highest BCUT2D eigenvalue weighted by Crippen LogP contribution is 2.29. The van der Waals surface area contributed by atoms with E-state index in [1.807, 2.05) is 13.1 Å². The molecule has 5 nitrogen and oxygen atoms in total. The fourth-order valence-corrected chi connectivity index (χ4v) is 2.34. The van der Waals surface area contributed by atoms with Gasteiger partial charge >= 0.3 is 0 Å². The van der Waals surface area contributed by atoms with Crippen molar-refractivity contribution in [3.63, 3.8) is 0 Å². The van der Waals surface area contributed by atoms with Gasteiger partial charge in [0.2, 0.25) is 0 Å². The first kappa shape index (κ1) is 14.1. The van der Waals surface area contributed by atoms with Crippen molar-refractivity contribution in [2.75, 3.05) is 30.4 Å². The maximum Gasteiger partial charge on any atom is 0.134 e. The second kappa shape index (κ2) is 6.70. The van der Waals surface area contributed by atoms with Gasteiger partial charge in [0.25, 0.3) is 0 Å². The van der Waals surface area contributed by atoms with Crippen LogP contribution >= 0.6 is 0 Å². The van der Waals surface area contributed by atoms with Gasteiger partial charge in [-0.2, -0.15) is 0 Å². The summed E-state index contributed by atoms with van der Waals surface area (Å²) in [7, 11) is 1.88. The van der Waals surface area contributed by atoms with Gasteiger partial charge in [-0.1, -0.05) is 6.92 Å². The third kappa shape index (κ3) is 3.35. The molecule has 0 aliphatic heterocycles. The molecule has 1 aromatic heterocycles. The Labute approximate surface area is 115 Å². The monoisotopic (exact) mass is 264 g/mol. The zero-order valence-corrected chi connectivity index (χ0v) is 11.9. The summed E-state index contributed by atoms with van der Waals surface area (Å²) in [5.74, 6) is 2.74. The molecule has 1 fully saturated rings. The fourth-order valence-electron chi connectivity index (χ4n) is 2.34. The molecule has 106 valence electrons. The SMILES string of the molecule is CCc1nc(NC)cc(N(CCCO)C2CCC2)n1. The maximum absolute atomic E-state index is 9.06. The minimum atomic E-state index is 0.230. The zero-order valence-electron chi connectivity index (χ0n) is 11.9. The molecular formula is C14H24N4O. The Balaban J connectivity index is 2.23. The molecule has 0 saturated heterocycles. The molecule has 1 aliphatic rings. The molecule has 19 heavy (non-hydrogen) atoms. The summed E-state index contributed by atoms with van der Waals surface area (Å²) in [5.41, 5.74) is 0. The van der Waals surface area contributed by atoms with Crippen molar-refractivity contribution in [3.8, 4) is 0 Å². The third-order valence-electron chi connectivity index (χ3n) is 3.70. The number of aliphatic hydroxyl groups is 1. The van der Waals surface area contributed by atoms with E-state index in [-0.39, 0.29) is 6.61 Å². The van der Waals surface area contributed by atoms with Gasteiger partial charge in [-0.3, -0.25) is 0 Å². The number of hydrogen-bond donors (Lipinski definition) is 2. The molecule has 0 amide bonds. The van der Waals surface area contributed by atoms with Crippen LogP contribution in [-0.4, -0.2) is 41.3 Å². The molecule has 2 rings (SSSR count). The number of anilines is 2.